The topological polar surface area (TPSA) is 46.3 Å². The molecule has 20 heavy (non-hydrogen) atoms. The van der Waals surface area contributed by atoms with Crippen molar-refractivity contribution < 1.29 is 9.18 Å². The minimum Gasteiger partial charge on any atom is -0.397 e. The van der Waals surface area contributed by atoms with Crippen molar-refractivity contribution in [3.05, 3.63) is 57.8 Å². The maximum atomic E-state index is 13.9. The van der Waals surface area contributed by atoms with E-state index in [1.807, 2.05) is 0 Å². The molecule has 0 aliphatic rings. The molecule has 0 fully saturated rings. The highest BCUT2D eigenvalue weighted by Crippen LogP contribution is 2.28. The molecule has 0 saturated carbocycles. The zero-order valence-corrected chi connectivity index (χ0v) is 12.0. The molecule has 0 spiro atoms. The Hall–Kier alpha value is -1.78. The number of amides is 1. The lowest BCUT2D eigenvalue weighted by atomic mass is 10.1. The van der Waals surface area contributed by atoms with Gasteiger partial charge in [-0.3, -0.25) is 4.79 Å². The molecule has 6 heteroatoms. The molecule has 0 unspecified atom stereocenters. The monoisotopic (exact) mass is 312 g/mol. The molecular weight excluding hydrogens is 302 g/mol. The average Bonchev–Trinajstić information content (AvgIpc) is 2.43. The van der Waals surface area contributed by atoms with E-state index in [1.165, 1.54) is 36.2 Å². The number of nitrogens with zero attached hydrogens (tertiary/aromatic N) is 1. The molecule has 0 atom stereocenters. The summed E-state index contributed by atoms with van der Waals surface area (Å²) in [4.78, 5) is 13.5. The summed E-state index contributed by atoms with van der Waals surface area (Å²) in [6.45, 7) is 0. The summed E-state index contributed by atoms with van der Waals surface area (Å²) < 4.78 is 13.9. The molecule has 1 amide bonds. The summed E-state index contributed by atoms with van der Waals surface area (Å²) in [6.07, 6.45) is 0. The zero-order chi connectivity index (χ0) is 14.9. The molecule has 0 aliphatic heterocycles. The van der Waals surface area contributed by atoms with Gasteiger partial charge in [-0.1, -0.05) is 29.3 Å². The van der Waals surface area contributed by atoms with Crippen molar-refractivity contribution in [2.75, 3.05) is 17.7 Å². The second-order valence-corrected chi connectivity index (χ2v) is 5.01. The van der Waals surface area contributed by atoms with Gasteiger partial charge < -0.3 is 10.6 Å². The number of hydrogen-bond donors (Lipinski definition) is 1. The van der Waals surface area contributed by atoms with Gasteiger partial charge in [-0.05, 0) is 30.3 Å². The lowest BCUT2D eigenvalue weighted by molar-refractivity contribution is 0.0989. The summed E-state index contributed by atoms with van der Waals surface area (Å²) in [5.41, 5.74) is 6.45. The Kier molecular flexibility index (Phi) is 4.16. The summed E-state index contributed by atoms with van der Waals surface area (Å²) in [6, 6.07) is 8.97. The normalized spacial score (nSPS) is 10.4. The Balaban J connectivity index is 2.43. The smallest absolute Gasteiger partial charge is 0.261 e. The lowest BCUT2D eigenvalue weighted by Crippen LogP contribution is -2.28. The predicted octanol–water partition coefficient (Wildman–Crippen LogP) is 3.99. The molecule has 2 aromatic rings. The van der Waals surface area contributed by atoms with E-state index >= 15 is 0 Å². The lowest BCUT2D eigenvalue weighted by Gasteiger charge is -2.20. The number of halogens is 3. The van der Waals surface area contributed by atoms with Crippen LogP contribution in [0.3, 0.4) is 0 Å². The molecule has 0 saturated heterocycles. The molecular formula is C14H11Cl2FN2O. The summed E-state index contributed by atoms with van der Waals surface area (Å²) in [7, 11) is 1.49. The van der Waals surface area contributed by atoms with Crippen molar-refractivity contribution in [2.45, 2.75) is 0 Å². The third kappa shape index (κ3) is 2.71. The molecule has 0 bridgehead atoms. The minimum atomic E-state index is -0.758. The third-order valence-electron chi connectivity index (χ3n) is 2.84. The predicted molar refractivity (Wildman–Crippen MR) is 80.0 cm³/mol. The quantitative estimate of drug-likeness (QED) is 0.852. The summed E-state index contributed by atoms with van der Waals surface area (Å²) in [5.74, 6) is -1.31. The second kappa shape index (κ2) is 5.69. The first-order valence-corrected chi connectivity index (χ1v) is 6.44. The van der Waals surface area contributed by atoms with Crippen LogP contribution in [0.15, 0.2) is 36.4 Å². The average molecular weight is 313 g/mol. The largest absolute Gasteiger partial charge is 0.397 e. The molecule has 104 valence electrons. The molecule has 0 aromatic heterocycles. The number of anilines is 2. The maximum Gasteiger partial charge on any atom is 0.261 e. The van der Waals surface area contributed by atoms with Crippen LogP contribution in [0.25, 0.3) is 0 Å². The van der Waals surface area contributed by atoms with Gasteiger partial charge in [0.15, 0.2) is 5.82 Å². The molecule has 2 aromatic carbocycles. The van der Waals surface area contributed by atoms with Gasteiger partial charge in [0, 0.05) is 12.1 Å². The number of benzene rings is 2. The highest BCUT2D eigenvalue weighted by molar-refractivity contribution is 6.31. The van der Waals surface area contributed by atoms with E-state index in [2.05, 4.69) is 0 Å². The van der Waals surface area contributed by atoms with Gasteiger partial charge in [-0.2, -0.15) is 0 Å². The van der Waals surface area contributed by atoms with Crippen molar-refractivity contribution in [1.82, 2.24) is 0 Å². The van der Waals surface area contributed by atoms with E-state index in [0.717, 1.165) is 0 Å². The summed E-state index contributed by atoms with van der Waals surface area (Å²) in [5, 5.41) is 0.323. The molecule has 2 rings (SSSR count). The fraction of sp³-hybridized carbons (Fsp3) is 0.0714. The van der Waals surface area contributed by atoms with Crippen LogP contribution in [0, 0.1) is 5.82 Å². The van der Waals surface area contributed by atoms with Gasteiger partial charge >= 0.3 is 0 Å². The third-order valence-corrected chi connectivity index (χ3v) is 3.37. The fourth-order valence-electron chi connectivity index (χ4n) is 1.77. The number of hydrogen-bond acceptors (Lipinski definition) is 2. The van der Waals surface area contributed by atoms with Gasteiger partial charge in [0.25, 0.3) is 5.91 Å². The second-order valence-electron chi connectivity index (χ2n) is 4.17. The Labute approximate surface area is 125 Å². The van der Waals surface area contributed by atoms with Crippen molar-refractivity contribution in [2.24, 2.45) is 0 Å². The van der Waals surface area contributed by atoms with Crippen LogP contribution in [-0.4, -0.2) is 13.0 Å². The zero-order valence-electron chi connectivity index (χ0n) is 10.5. The Morgan fingerprint density at radius 3 is 2.65 bits per heavy atom. The highest BCUT2D eigenvalue weighted by atomic mass is 35.5. The Morgan fingerprint density at radius 1 is 1.25 bits per heavy atom. The van der Waals surface area contributed by atoms with Crippen molar-refractivity contribution in [1.29, 1.82) is 0 Å². The SMILES string of the molecule is CN(C(=O)c1cccc(Cl)c1F)c1cc(Cl)ccc1N. The van der Waals surface area contributed by atoms with Crippen LogP contribution in [0.5, 0.6) is 0 Å². The van der Waals surface area contributed by atoms with Crippen LogP contribution < -0.4 is 10.6 Å². The number of nitrogens with two attached hydrogens (primary N) is 1. The van der Waals surface area contributed by atoms with Crippen LogP contribution >= 0.6 is 23.2 Å². The first-order valence-electron chi connectivity index (χ1n) is 5.69. The molecule has 3 nitrogen and oxygen atoms in total. The van der Waals surface area contributed by atoms with Gasteiger partial charge in [0.1, 0.15) is 0 Å². The fourth-order valence-corrected chi connectivity index (χ4v) is 2.11. The van der Waals surface area contributed by atoms with E-state index in [1.54, 1.807) is 12.1 Å². The van der Waals surface area contributed by atoms with E-state index in [4.69, 9.17) is 28.9 Å². The standard InChI is InChI=1S/C14H11Cl2FN2O/c1-19(12-7-8(15)5-6-11(12)18)14(20)9-3-2-4-10(16)13(9)17/h2-7H,18H2,1H3. The van der Waals surface area contributed by atoms with Crippen LogP contribution in [0.2, 0.25) is 10.0 Å². The van der Waals surface area contributed by atoms with Crippen LogP contribution in [-0.2, 0) is 0 Å². The van der Waals surface area contributed by atoms with Crippen molar-refractivity contribution >= 4 is 40.5 Å². The number of rotatable bonds is 2. The number of carbonyl (C=O) groups is 1. The van der Waals surface area contributed by atoms with Gasteiger partial charge in [-0.25, -0.2) is 4.39 Å². The molecule has 0 heterocycles. The number of carbonyl (C=O) groups excluding carboxylic acids is 1. The molecule has 0 aliphatic carbocycles. The Morgan fingerprint density at radius 2 is 1.95 bits per heavy atom. The van der Waals surface area contributed by atoms with Gasteiger partial charge in [0.2, 0.25) is 0 Å². The van der Waals surface area contributed by atoms with Crippen LogP contribution in [0.1, 0.15) is 10.4 Å². The number of nitrogen functional groups attached to an aromatic ring is 1. The van der Waals surface area contributed by atoms with E-state index < -0.39 is 11.7 Å². The first-order chi connectivity index (χ1) is 9.41. The minimum absolute atomic E-state index is 0.108. The first kappa shape index (κ1) is 14.6. The summed E-state index contributed by atoms with van der Waals surface area (Å²) >= 11 is 11.6. The van der Waals surface area contributed by atoms with E-state index in [0.29, 0.717) is 16.4 Å². The highest BCUT2D eigenvalue weighted by Gasteiger charge is 2.20. The van der Waals surface area contributed by atoms with Crippen LogP contribution in [0.4, 0.5) is 15.8 Å². The van der Waals surface area contributed by atoms with Crippen molar-refractivity contribution in [3.8, 4) is 0 Å². The maximum absolute atomic E-state index is 13.9. The molecule has 0 radical (unpaired) electrons. The van der Waals surface area contributed by atoms with E-state index in [-0.39, 0.29) is 10.6 Å². The molecule has 2 N–H and O–H groups in total. The van der Waals surface area contributed by atoms with E-state index in [9.17, 15) is 9.18 Å². The Bertz CT molecular complexity index is 676. The van der Waals surface area contributed by atoms with Gasteiger partial charge in [0.05, 0.1) is 22.0 Å². The van der Waals surface area contributed by atoms with Gasteiger partial charge in [-0.15, -0.1) is 0 Å². The van der Waals surface area contributed by atoms with Crippen molar-refractivity contribution in [3.63, 3.8) is 0 Å².